The SMILES string of the molecule is CC(C)NC(c1cnn(C(C)C)c1)c1nc(C(C)C)cs1. The van der Waals surface area contributed by atoms with E-state index in [4.69, 9.17) is 4.98 Å². The normalized spacial score (nSPS) is 13.6. The van der Waals surface area contributed by atoms with Gasteiger partial charge in [-0.05, 0) is 33.6 Å². The molecule has 2 aromatic heterocycles. The highest BCUT2D eigenvalue weighted by Crippen LogP contribution is 2.28. The van der Waals surface area contributed by atoms with Crippen molar-refractivity contribution >= 4 is 11.3 Å². The molecule has 2 heterocycles. The van der Waals surface area contributed by atoms with E-state index in [9.17, 15) is 0 Å². The Kier molecular flexibility index (Phi) is 5.17. The molecule has 5 heteroatoms. The van der Waals surface area contributed by atoms with Crippen molar-refractivity contribution in [1.29, 1.82) is 0 Å². The summed E-state index contributed by atoms with van der Waals surface area (Å²) < 4.78 is 2.00. The molecule has 0 bridgehead atoms. The lowest BCUT2D eigenvalue weighted by molar-refractivity contribution is 0.517. The van der Waals surface area contributed by atoms with Crippen LogP contribution in [0.5, 0.6) is 0 Å². The van der Waals surface area contributed by atoms with Crippen LogP contribution in [0.2, 0.25) is 0 Å². The summed E-state index contributed by atoms with van der Waals surface area (Å²) in [4.78, 5) is 4.81. The molecule has 0 aliphatic carbocycles. The largest absolute Gasteiger partial charge is 0.302 e. The van der Waals surface area contributed by atoms with E-state index in [0.29, 0.717) is 18.0 Å². The van der Waals surface area contributed by atoms with Crippen LogP contribution in [-0.2, 0) is 0 Å². The Morgan fingerprint density at radius 1 is 1.14 bits per heavy atom. The van der Waals surface area contributed by atoms with E-state index in [1.807, 2.05) is 10.9 Å². The third-order valence-corrected chi connectivity index (χ3v) is 4.29. The van der Waals surface area contributed by atoms with Crippen LogP contribution in [0.4, 0.5) is 0 Å². The van der Waals surface area contributed by atoms with Gasteiger partial charge in [0.2, 0.25) is 0 Å². The zero-order valence-electron chi connectivity index (χ0n) is 13.8. The quantitative estimate of drug-likeness (QED) is 0.872. The smallest absolute Gasteiger partial charge is 0.115 e. The van der Waals surface area contributed by atoms with Gasteiger partial charge in [-0.15, -0.1) is 11.3 Å². The summed E-state index contributed by atoms with van der Waals surface area (Å²) >= 11 is 1.73. The summed E-state index contributed by atoms with van der Waals surface area (Å²) in [6.07, 6.45) is 4.08. The summed E-state index contributed by atoms with van der Waals surface area (Å²) in [7, 11) is 0. The van der Waals surface area contributed by atoms with Crippen LogP contribution < -0.4 is 5.32 Å². The van der Waals surface area contributed by atoms with Gasteiger partial charge in [0.05, 0.1) is 17.9 Å². The Hall–Kier alpha value is -1.20. The van der Waals surface area contributed by atoms with Gasteiger partial charge in [0.1, 0.15) is 5.01 Å². The second-order valence-electron chi connectivity index (χ2n) is 6.37. The number of rotatable bonds is 6. The van der Waals surface area contributed by atoms with Crippen molar-refractivity contribution in [3.05, 3.63) is 34.0 Å². The van der Waals surface area contributed by atoms with E-state index in [2.05, 4.69) is 63.5 Å². The Bertz CT molecular complexity index is 522. The van der Waals surface area contributed by atoms with Gasteiger partial charge >= 0.3 is 0 Å². The lowest BCUT2D eigenvalue weighted by Gasteiger charge is -2.18. The molecule has 0 aliphatic heterocycles. The number of nitrogens with zero attached hydrogens (tertiary/aromatic N) is 3. The van der Waals surface area contributed by atoms with E-state index in [1.54, 1.807) is 11.3 Å². The highest BCUT2D eigenvalue weighted by Gasteiger charge is 2.21. The van der Waals surface area contributed by atoms with Gasteiger partial charge in [0, 0.05) is 29.2 Å². The molecule has 21 heavy (non-hydrogen) atoms. The van der Waals surface area contributed by atoms with Crippen molar-refractivity contribution in [2.75, 3.05) is 0 Å². The molecule has 2 aromatic rings. The Labute approximate surface area is 131 Å². The molecule has 4 nitrogen and oxygen atoms in total. The molecule has 1 unspecified atom stereocenters. The van der Waals surface area contributed by atoms with Gasteiger partial charge in [-0.25, -0.2) is 4.98 Å². The first-order chi connectivity index (χ1) is 9.88. The number of thiazole rings is 1. The Morgan fingerprint density at radius 3 is 2.33 bits per heavy atom. The summed E-state index contributed by atoms with van der Waals surface area (Å²) in [6, 6.07) is 0.889. The van der Waals surface area contributed by atoms with Crippen LogP contribution in [-0.4, -0.2) is 20.8 Å². The average molecular weight is 306 g/mol. The maximum absolute atomic E-state index is 4.81. The Balaban J connectivity index is 2.32. The second kappa shape index (κ2) is 6.71. The lowest BCUT2D eigenvalue weighted by atomic mass is 10.1. The molecule has 0 spiro atoms. The molecule has 116 valence electrons. The van der Waals surface area contributed by atoms with Crippen molar-refractivity contribution in [2.24, 2.45) is 0 Å². The predicted molar refractivity (Wildman–Crippen MR) is 88.9 cm³/mol. The molecule has 0 amide bonds. The zero-order chi connectivity index (χ0) is 15.6. The Morgan fingerprint density at radius 2 is 1.86 bits per heavy atom. The first-order valence-corrected chi connectivity index (χ1v) is 8.51. The second-order valence-corrected chi connectivity index (χ2v) is 7.26. The minimum absolute atomic E-state index is 0.120. The first kappa shape index (κ1) is 16.2. The fraction of sp³-hybridized carbons (Fsp3) is 0.625. The third kappa shape index (κ3) is 3.92. The molecule has 1 atom stereocenters. The summed E-state index contributed by atoms with van der Waals surface area (Å²) in [6.45, 7) is 13.0. The van der Waals surface area contributed by atoms with E-state index in [-0.39, 0.29) is 6.04 Å². The molecule has 2 rings (SSSR count). The summed E-state index contributed by atoms with van der Waals surface area (Å²) in [5, 5.41) is 11.4. The predicted octanol–water partition coefficient (Wildman–Crippen LogP) is 4.13. The van der Waals surface area contributed by atoms with Crippen LogP contribution in [0.1, 0.15) is 75.8 Å². The molecule has 0 aromatic carbocycles. The molecule has 1 N–H and O–H groups in total. The third-order valence-electron chi connectivity index (χ3n) is 3.36. The van der Waals surface area contributed by atoms with Gasteiger partial charge in [0.25, 0.3) is 0 Å². The minimum atomic E-state index is 0.120. The van der Waals surface area contributed by atoms with E-state index in [0.717, 1.165) is 5.01 Å². The van der Waals surface area contributed by atoms with Gasteiger partial charge < -0.3 is 5.32 Å². The maximum Gasteiger partial charge on any atom is 0.115 e. The number of hydrogen-bond donors (Lipinski definition) is 1. The highest BCUT2D eigenvalue weighted by atomic mass is 32.1. The minimum Gasteiger partial charge on any atom is -0.302 e. The number of aromatic nitrogens is 3. The van der Waals surface area contributed by atoms with Gasteiger partial charge in [-0.1, -0.05) is 13.8 Å². The topological polar surface area (TPSA) is 42.7 Å². The number of nitrogens with one attached hydrogen (secondary N) is 1. The van der Waals surface area contributed by atoms with Crippen molar-refractivity contribution in [3.63, 3.8) is 0 Å². The van der Waals surface area contributed by atoms with Gasteiger partial charge in [-0.3, -0.25) is 4.68 Å². The molecule has 0 saturated heterocycles. The maximum atomic E-state index is 4.81. The fourth-order valence-corrected chi connectivity index (χ4v) is 3.19. The summed E-state index contributed by atoms with van der Waals surface area (Å²) in [5.74, 6) is 0.466. The lowest BCUT2D eigenvalue weighted by Crippen LogP contribution is -2.28. The van der Waals surface area contributed by atoms with Crippen molar-refractivity contribution in [3.8, 4) is 0 Å². The van der Waals surface area contributed by atoms with E-state index < -0.39 is 0 Å². The van der Waals surface area contributed by atoms with Crippen LogP contribution in [0.15, 0.2) is 17.8 Å². The number of hydrogen-bond acceptors (Lipinski definition) is 4. The standard InChI is InChI=1S/C16H26N4S/c1-10(2)14-9-21-16(19-14)15(18-11(3)4)13-7-17-20(8-13)12(5)6/h7-12,15,18H,1-6H3. The van der Waals surface area contributed by atoms with E-state index >= 15 is 0 Å². The molecule has 0 radical (unpaired) electrons. The molecular formula is C16H26N4S. The van der Waals surface area contributed by atoms with Crippen LogP contribution >= 0.6 is 11.3 Å². The molecule has 0 fully saturated rings. The zero-order valence-corrected chi connectivity index (χ0v) is 14.6. The fourth-order valence-electron chi connectivity index (χ4n) is 2.13. The van der Waals surface area contributed by atoms with Crippen LogP contribution in [0, 0.1) is 0 Å². The molecule has 0 saturated carbocycles. The monoisotopic (exact) mass is 306 g/mol. The van der Waals surface area contributed by atoms with Crippen LogP contribution in [0.3, 0.4) is 0 Å². The van der Waals surface area contributed by atoms with Gasteiger partial charge in [-0.2, -0.15) is 5.10 Å². The molecular weight excluding hydrogens is 280 g/mol. The summed E-state index contributed by atoms with van der Waals surface area (Å²) in [5.41, 5.74) is 2.35. The van der Waals surface area contributed by atoms with Crippen molar-refractivity contribution in [2.45, 2.75) is 65.6 Å². The van der Waals surface area contributed by atoms with Crippen molar-refractivity contribution in [1.82, 2.24) is 20.1 Å². The first-order valence-electron chi connectivity index (χ1n) is 7.64. The average Bonchev–Trinajstić information content (AvgIpc) is 3.05. The van der Waals surface area contributed by atoms with Gasteiger partial charge in [0.15, 0.2) is 0 Å². The van der Waals surface area contributed by atoms with Crippen LogP contribution in [0.25, 0.3) is 0 Å². The molecule has 0 aliphatic rings. The van der Waals surface area contributed by atoms with E-state index in [1.165, 1.54) is 11.3 Å². The van der Waals surface area contributed by atoms with Crippen molar-refractivity contribution < 1.29 is 0 Å². The highest BCUT2D eigenvalue weighted by molar-refractivity contribution is 7.09.